The van der Waals surface area contributed by atoms with Gasteiger partial charge in [0.05, 0.1) is 5.56 Å². The number of hydrogen-bond donors (Lipinski definition) is 1. The number of nitrogens with one attached hydrogen (secondary N) is 1. The van der Waals surface area contributed by atoms with E-state index in [-0.39, 0.29) is 12.5 Å². The summed E-state index contributed by atoms with van der Waals surface area (Å²) in [6.45, 7) is 5.74. The van der Waals surface area contributed by atoms with E-state index in [1.54, 1.807) is 12.1 Å². The molecule has 2 rings (SSSR count). The standard InChI is InChI=1S/C19H21NO3/c1-13(2)15-8-10-16(11-9-15)20-18(21)12-23-19(22)17-7-5-4-6-14(17)3/h4-11,13H,12H2,1-3H3,(H,20,21). The van der Waals surface area contributed by atoms with Crippen molar-refractivity contribution in [3.05, 3.63) is 65.2 Å². The lowest BCUT2D eigenvalue weighted by Crippen LogP contribution is -2.21. The molecule has 0 aliphatic rings. The molecule has 0 bridgehead atoms. The number of amides is 1. The summed E-state index contributed by atoms with van der Waals surface area (Å²) in [6, 6.07) is 14.7. The van der Waals surface area contributed by atoms with Crippen molar-refractivity contribution in [2.75, 3.05) is 11.9 Å². The zero-order chi connectivity index (χ0) is 16.8. The van der Waals surface area contributed by atoms with Gasteiger partial charge in [-0.25, -0.2) is 4.79 Å². The van der Waals surface area contributed by atoms with Crippen LogP contribution >= 0.6 is 0 Å². The van der Waals surface area contributed by atoms with Crippen LogP contribution in [0.15, 0.2) is 48.5 Å². The average molecular weight is 311 g/mol. The minimum atomic E-state index is -0.492. The molecule has 0 spiro atoms. The number of esters is 1. The van der Waals surface area contributed by atoms with E-state index in [0.29, 0.717) is 17.2 Å². The average Bonchev–Trinajstić information content (AvgIpc) is 2.53. The van der Waals surface area contributed by atoms with Crippen LogP contribution in [-0.4, -0.2) is 18.5 Å². The minimum Gasteiger partial charge on any atom is -0.452 e. The van der Waals surface area contributed by atoms with E-state index in [0.717, 1.165) is 5.56 Å². The predicted molar refractivity (Wildman–Crippen MR) is 90.6 cm³/mol. The van der Waals surface area contributed by atoms with E-state index < -0.39 is 5.97 Å². The number of anilines is 1. The fraction of sp³-hybridized carbons (Fsp3) is 0.263. The zero-order valence-electron chi connectivity index (χ0n) is 13.6. The third kappa shape index (κ3) is 4.68. The molecule has 0 aliphatic carbocycles. The van der Waals surface area contributed by atoms with Crippen molar-refractivity contribution in [3.8, 4) is 0 Å². The Labute approximate surface area is 136 Å². The molecule has 2 aromatic carbocycles. The second-order valence-corrected chi connectivity index (χ2v) is 5.72. The number of carbonyl (C=O) groups is 2. The van der Waals surface area contributed by atoms with E-state index >= 15 is 0 Å². The summed E-state index contributed by atoms with van der Waals surface area (Å²) >= 11 is 0. The Morgan fingerprint density at radius 2 is 1.70 bits per heavy atom. The summed E-state index contributed by atoms with van der Waals surface area (Å²) in [5.74, 6) is -0.410. The van der Waals surface area contributed by atoms with Gasteiger partial charge in [0.15, 0.2) is 6.61 Å². The molecule has 0 aliphatic heterocycles. The molecule has 4 nitrogen and oxygen atoms in total. The van der Waals surface area contributed by atoms with Gasteiger partial charge in [-0.1, -0.05) is 44.2 Å². The highest BCUT2D eigenvalue weighted by atomic mass is 16.5. The van der Waals surface area contributed by atoms with Gasteiger partial charge in [-0.2, -0.15) is 0 Å². The van der Waals surface area contributed by atoms with Crippen molar-refractivity contribution in [3.63, 3.8) is 0 Å². The van der Waals surface area contributed by atoms with Crippen molar-refractivity contribution in [2.24, 2.45) is 0 Å². The fourth-order valence-electron chi connectivity index (χ4n) is 2.16. The lowest BCUT2D eigenvalue weighted by molar-refractivity contribution is -0.119. The van der Waals surface area contributed by atoms with E-state index in [4.69, 9.17) is 4.74 Å². The Bertz CT molecular complexity index is 690. The van der Waals surface area contributed by atoms with Crippen molar-refractivity contribution < 1.29 is 14.3 Å². The van der Waals surface area contributed by atoms with Crippen molar-refractivity contribution in [2.45, 2.75) is 26.7 Å². The molecule has 0 atom stereocenters. The first kappa shape index (κ1) is 16.7. The van der Waals surface area contributed by atoms with Crippen LogP contribution < -0.4 is 5.32 Å². The molecule has 0 unspecified atom stereocenters. The first-order valence-corrected chi connectivity index (χ1v) is 7.60. The maximum absolute atomic E-state index is 11.9. The SMILES string of the molecule is Cc1ccccc1C(=O)OCC(=O)Nc1ccc(C(C)C)cc1. The molecule has 1 N–H and O–H groups in total. The second kappa shape index (κ2) is 7.58. The molecule has 23 heavy (non-hydrogen) atoms. The van der Waals surface area contributed by atoms with Gasteiger partial charge in [-0.05, 0) is 42.2 Å². The summed E-state index contributed by atoms with van der Waals surface area (Å²) in [5, 5.41) is 2.71. The number of ether oxygens (including phenoxy) is 1. The topological polar surface area (TPSA) is 55.4 Å². The van der Waals surface area contributed by atoms with Crippen LogP contribution in [-0.2, 0) is 9.53 Å². The van der Waals surface area contributed by atoms with Crippen LogP contribution in [0.5, 0.6) is 0 Å². The first-order chi connectivity index (χ1) is 11.0. The van der Waals surface area contributed by atoms with Gasteiger partial charge in [-0.3, -0.25) is 4.79 Å². The van der Waals surface area contributed by atoms with Crippen LogP contribution in [0, 0.1) is 6.92 Å². The molecule has 120 valence electrons. The highest BCUT2D eigenvalue weighted by Crippen LogP contribution is 2.17. The lowest BCUT2D eigenvalue weighted by atomic mass is 10.0. The monoisotopic (exact) mass is 311 g/mol. The van der Waals surface area contributed by atoms with E-state index in [2.05, 4.69) is 19.2 Å². The van der Waals surface area contributed by atoms with Gasteiger partial charge in [0.1, 0.15) is 0 Å². The van der Waals surface area contributed by atoms with E-state index in [1.807, 2.05) is 43.3 Å². The van der Waals surface area contributed by atoms with Crippen LogP contribution in [0.2, 0.25) is 0 Å². The molecule has 0 saturated carbocycles. The molecule has 0 aromatic heterocycles. The summed E-state index contributed by atoms with van der Waals surface area (Å²) in [5.41, 5.74) is 3.18. The largest absolute Gasteiger partial charge is 0.452 e. The Balaban J connectivity index is 1.88. The van der Waals surface area contributed by atoms with Crippen LogP contribution in [0.4, 0.5) is 5.69 Å². The van der Waals surface area contributed by atoms with Crippen molar-refractivity contribution in [1.29, 1.82) is 0 Å². The number of carbonyl (C=O) groups excluding carboxylic acids is 2. The molecule has 0 fully saturated rings. The summed E-state index contributed by atoms with van der Waals surface area (Å²) < 4.78 is 5.05. The molecule has 0 radical (unpaired) electrons. The van der Waals surface area contributed by atoms with Crippen LogP contribution in [0.25, 0.3) is 0 Å². The third-order valence-corrected chi connectivity index (χ3v) is 3.56. The maximum Gasteiger partial charge on any atom is 0.338 e. The lowest BCUT2D eigenvalue weighted by Gasteiger charge is -2.09. The van der Waals surface area contributed by atoms with Gasteiger partial charge >= 0.3 is 5.97 Å². The number of aryl methyl sites for hydroxylation is 1. The van der Waals surface area contributed by atoms with Gasteiger partial charge < -0.3 is 10.1 Å². The highest BCUT2D eigenvalue weighted by molar-refractivity contribution is 5.96. The highest BCUT2D eigenvalue weighted by Gasteiger charge is 2.12. The Morgan fingerprint density at radius 1 is 1.04 bits per heavy atom. The second-order valence-electron chi connectivity index (χ2n) is 5.72. The van der Waals surface area contributed by atoms with Crippen molar-refractivity contribution in [1.82, 2.24) is 0 Å². The Morgan fingerprint density at radius 3 is 2.30 bits per heavy atom. The Hall–Kier alpha value is -2.62. The molecule has 2 aromatic rings. The summed E-state index contributed by atoms with van der Waals surface area (Å²) in [7, 11) is 0. The number of rotatable bonds is 5. The van der Waals surface area contributed by atoms with Crippen molar-refractivity contribution >= 4 is 17.6 Å². The third-order valence-electron chi connectivity index (χ3n) is 3.56. The maximum atomic E-state index is 11.9. The Kier molecular flexibility index (Phi) is 5.52. The summed E-state index contributed by atoms with van der Waals surface area (Å²) in [6.07, 6.45) is 0. The molecule has 1 amide bonds. The van der Waals surface area contributed by atoms with Crippen LogP contribution in [0.3, 0.4) is 0 Å². The van der Waals surface area contributed by atoms with Gasteiger partial charge in [0.2, 0.25) is 0 Å². The molecule has 0 saturated heterocycles. The van der Waals surface area contributed by atoms with Gasteiger partial charge in [-0.15, -0.1) is 0 Å². The molecular formula is C19H21NO3. The number of hydrogen-bond acceptors (Lipinski definition) is 3. The molecular weight excluding hydrogens is 290 g/mol. The fourth-order valence-corrected chi connectivity index (χ4v) is 2.16. The quantitative estimate of drug-likeness (QED) is 0.852. The normalized spacial score (nSPS) is 10.4. The smallest absolute Gasteiger partial charge is 0.338 e. The summed E-state index contributed by atoms with van der Waals surface area (Å²) in [4.78, 5) is 23.8. The van der Waals surface area contributed by atoms with E-state index in [9.17, 15) is 9.59 Å². The predicted octanol–water partition coefficient (Wildman–Crippen LogP) is 3.91. The van der Waals surface area contributed by atoms with E-state index in [1.165, 1.54) is 5.56 Å². The minimum absolute atomic E-state index is 0.306. The first-order valence-electron chi connectivity index (χ1n) is 7.60. The molecule has 0 heterocycles. The number of benzene rings is 2. The van der Waals surface area contributed by atoms with Gasteiger partial charge in [0, 0.05) is 5.69 Å². The van der Waals surface area contributed by atoms with Gasteiger partial charge in [0.25, 0.3) is 5.91 Å². The zero-order valence-corrected chi connectivity index (χ0v) is 13.6. The van der Waals surface area contributed by atoms with Crippen LogP contribution in [0.1, 0.15) is 41.3 Å². The molecule has 4 heteroatoms.